The number of benzene rings is 3. The number of methoxy groups -OCH3 is 1. The summed E-state index contributed by atoms with van der Waals surface area (Å²) in [6.07, 6.45) is 12.8. The Labute approximate surface area is 391 Å². The third kappa shape index (κ3) is 8.15. The summed E-state index contributed by atoms with van der Waals surface area (Å²) in [7, 11) is 1.30. The van der Waals surface area contributed by atoms with Crippen molar-refractivity contribution < 1.29 is 28.7 Å². The second-order valence-electron chi connectivity index (χ2n) is 19.9. The maximum Gasteiger partial charge on any atom is 0.407 e. The first-order valence-electron chi connectivity index (χ1n) is 24.5. The number of rotatable bonds is 11. The van der Waals surface area contributed by atoms with Gasteiger partial charge in [0.25, 0.3) is 0 Å². The van der Waals surface area contributed by atoms with Gasteiger partial charge in [0.15, 0.2) is 0 Å². The van der Waals surface area contributed by atoms with Crippen LogP contribution in [0.1, 0.15) is 142 Å². The average Bonchev–Trinajstić information content (AvgIpc) is 3.99. The Kier molecular flexibility index (Phi) is 11.4. The standard InChI is InChI=1S/C53H60N8O6/c1-29(2)45(59-53(65)66-3)51(63)60-22-6-10-42(60)48-54-27-41(56-48)35-18-20-37-36(24-35)28-67-44-26-38-34(25-39(37)44)19-21-40-47(38)57-49(55-40)43-11-7-23-61(43)52(64)46(58-50(62)33-16-17-33)32-14-12-31(13-15-32)30-8-4-5-9-30/h12-15,18,20,24-27,29-30,33,42-43,45-46H,4-11,16-17,19,21-23,28H2,1-3H3,(H,54,56)(H,55,57)(H,58,62)(H,59,65)/t42-,43-,45-,46+/m0/s1. The molecule has 2 aromatic heterocycles. The number of carbonyl (C=O) groups is 4. The fraction of sp³-hybridized carbons (Fsp3) is 0.472. The van der Waals surface area contributed by atoms with Crippen molar-refractivity contribution in [1.82, 2.24) is 40.4 Å². The molecule has 2 saturated heterocycles. The molecule has 0 spiro atoms. The van der Waals surface area contributed by atoms with Crippen LogP contribution >= 0.6 is 0 Å². The number of alkyl carbamates (subject to hydrolysis) is 1. The number of H-pyrrole nitrogens is 2. The smallest absolute Gasteiger partial charge is 0.407 e. The number of nitrogens with one attached hydrogen (secondary N) is 4. The highest BCUT2D eigenvalue weighted by Crippen LogP contribution is 2.46. The molecule has 14 nitrogen and oxygen atoms in total. The molecule has 0 radical (unpaired) electrons. The Morgan fingerprint density at radius 2 is 1.51 bits per heavy atom. The van der Waals surface area contributed by atoms with Crippen LogP contribution in [0, 0.1) is 11.8 Å². The lowest BCUT2D eigenvalue weighted by Crippen LogP contribution is -2.51. The van der Waals surface area contributed by atoms with Gasteiger partial charge < -0.3 is 39.9 Å². The first-order chi connectivity index (χ1) is 32.6. The summed E-state index contributed by atoms with van der Waals surface area (Å²) in [5, 5.41) is 5.89. The van der Waals surface area contributed by atoms with Gasteiger partial charge in [0.2, 0.25) is 17.7 Å². The molecule has 14 heteroatoms. The van der Waals surface area contributed by atoms with Crippen molar-refractivity contribution in [3.8, 4) is 39.4 Å². The molecule has 0 bridgehead atoms. The zero-order valence-corrected chi connectivity index (χ0v) is 38.7. The summed E-state index contributed by atoms with van der Waals surface area (Å²) in [5.74, 6) is 2.55. The van der Waals surface area contributed by atoms with Crippen LogP contribution < -0.4 is 15.4 Å². The molecule has 4 amide bonds. The number of hydrogen-bond donors (Lipinski definition) is 4. The molecule has 4 atom stereocenters. The van der Waals surface area contributed by atoms with Crippen LogP contribution in [0.2, 0.25) is 0 Å². The number of imidazole rings is 2. The number of fused-ring (bicyclic) bond motifs is 6. The molecule has 3 aliphatic heterocycles. The highest BCUT2D eigenvalue weighted by atomic mass is 16.5. The molecule has 5 heterocycles. The van der Waals surface area contributed by atoms with Gasteiger partial charge >= 0.3 is 6.09 Å². The first-order valence-corrected chi connectivity index (χ1v) is 24.5. The van der Waals surface area contributed by atoms with Gasteiger partial charge in [-0.05, 0) is 128 Å². The first kappa shape index (κ1) is 43.1. The number of hydrogen-bond acceptors (Lipinski definition) is 8. The topological polar surface area (TPSA) is 175 Å². The Morgan fingerprint density at radius 1 is 0.761 bits per heavy atom. The van der Waals surface area contributed by atoms with Gasteiger partial charge in [-0.1, -0.05) is 63.1 Å². The van der Waals surface area contributed by atoms with Gasteiger partial charge in [-0.2, -0.15) is 0 Å². The fourth-order valence-corrected chi connectivity index (χ4v) is 11.4. The lowest BCUT2D eigenvalue weighted by Gasteiger charge is -2.30. The van der Waals surface area contributed by atoms with Crippen molar-refractivity contribution in [2.24, 2.45) is 11.8 Å². The van der Waals surface area contributed by atoms with Crippen molar-refractivity contribution in [1.29, 1.82) is 0 Å². The number of ether oxygens (including phenoxy) is 2. The molecular formula is C53H60N8O6. The molecule has 11 rings (SSSR count). The van der Waals surface area contributed by atoms with Gasteiger partial charge in [-0.3, -0.25) is 14.4 Å². The minimum absolute atomic E-state index is 0.00551. The minimum Gasteiger partial charge on any atom is -0.488 e. The van der Waals surface area contributed by atoms with Crippen LogP contribution in [-0.2, 0) is 38.6 Å². The second kappa shape index (κ2) is 17.7. The zero-order chi connectivity index (χ0) is 45.9. The maximum absolute atomic E-state index is 14.6. The normalized spacial score (nSPS) is 20.7. The molecule has 5 aromatic rings. The molecule has 0 unspecified atom stereocenters. The van der Waals surface area contributed by atoms with E-state index in [4.69, 9.17) is 19.4 Å². The molecule has 3 aromatic carbocycles. The number of amides is 4. The Hall–Kier alpha value is -6.44. The van der Waals surface area contributed by atoms with Crippen LogP contribution in [0.15, 0.2) is 60.8 Å². The Morgan fingerprint density at radius 3 is 2.24 bits per heavy atom. The Bertz CT molecular complexity index is 2730. The molecule has 2 saturated carbocycles. The minimum atomic E-state index is -0.738. The van der Waals surface area contributed by atoms with E-state index in [-0.39, 0.29) is 41.6 Å². The predicted octanol–water partition coefficient (Wildman–Crippen LogP) is 8.76. The third-order valence-corrected chi connectivity index (χ3v) is 15.3. The SMILES string of the molecule is COC(=O)N[C@H](C(=O)N1CCC[C@H]1c1ncc(-c2ccc3c(c2)COc2cc4c(cc2-3)CCc2[nH]c([C@@H]3CCCN3C(=O)[C@H](NC(=O)C3CC3)c3ccc(C5CCCC5)cc3)nc2-4)[nH]1)C(C)C. The second-order valence-corrected chi connectivity index (χ2v) is 19.9. The van der Waals surface area contributed by atoms with Gasteiger partial charge in [0, 0.05) is 35.8 Å². The highest BCUT2D eigenvalue weighted by molar-refractivity contribution is 5.91. The lowest BCUT2D eigenvalue weighted by atomic mass is 9.86. The number of nitrogens with zero attached hydrogens (tertiary/aromatic N) is 4. The van der Waals surface area contributed by atoms with E-state index in [1.165, 1.54) is 43.9 Å². The van der Waals surface area contributed by atoms with Crippen LogP contribution in [0.25, 0.3) is 33.6 Å². The van der Waals surface area contributed by atoms with E-state index in [1.54, 1.807) is 0 Å². The molecule has 67 heavy (non-hydrogen) atoms. The maximum atomic E-state index is 14.6. The molecule has 4 fully saturated rings. The fourth-order valence-electron chi connectivity index (χ4n) is 11.4. The van der Waals surface area contributed by atoms with E-state index in [0.717, 1.165) is 119 Å². The predicted molar refractivity (Wildman–Crippen MR) is 252 cm³/mol. The van der Waals surface area contributed by atoms with Gasteiger partial charge in [-0.15, -0.1) is 0 Å². The molecule has 4 N–H and O–H groups in total. The summed E-state index contributed by atoms with van der Waals surface area (Å²) in [4.78, 5) is 74.6. The van der Waals surface area contributed by atoms with Crippen LogP contribution in [0.4, 0.5) is 4.79 Å². The highest BCUT2D eigenvalue weighted by Gasteiger charge is 2.41. The van der Waals surface area contributed by atoms with Crippen LogP contribution in [0.5, 0.6) is 5.75 Å². The number of carbonyl (C=O) groups excluding carboxylic acids is 4. The molecule has 6 aliphatic rings. The molecule has 3 aliphatic carbocycles. The van der Waals surface area contributed by atoms with Crippen molar-refractivity contribution >= 4 is 23.8 Å². The quantitative estimate of drug-likeness (QED) is 0.102. The monoisotopic (exact) mass is 904 g/mol. The van der Waals surface area contributed by atoms with Crippen molar-refractivity contribution in [2.75, 3.05) is 20.2 Å². The largest absolute Gasteiger partial charge is 0.488 e. The Balaban J connectivity index is 0.813. The van der Waals surface area contributed by atoms with Crippen molar-refractivity contribution in [3.63, 3.8) is 0 Å². The van der Waals surface area contributed by atoms with Gasteiger partial charge in [0.05, 0.1) is 36.8 Å². The van der Waals surface area contributed by atoms with E-state index >= 15 is 0 Å². The number of aromatic nitrogens is 4. The molecular weight excluding hydrogens is 845 g/mol. The number of aryl methyl sites for hydroxylation is 2. The van der Waals surface area contributed by atoms with Gasteiger partial charge in [0.1, 0.15) is 36.1 Å². The van der Waals surface area contributed by atoms with Crippen LogP contribution in [-0.4, -0.2) is 79.8 Å². The van der Waals surface area contributed by atoms with Gasteiger partial charge in [-0.25, -0.2) is 14.8 Å². The van der Waals surface area contributed by atoms with E-state index in [2.05, 4.69) is 75.2 Å². The molecule has 348 valence electrons. The third-order valence-electron chi connectivity index (χ3n) is 15.3. The summed E-state index contributed by atoms with van der Waals surface area (Å²) in [6.45, 7) is 5.43. The summed E-state index contributed by atoms with van der Waals surface area (Å²) in [6, 6.07) is 17.4. The van der Waals surface area contributed by atoms with E-state index in [9.17, 15) is 19.2 Å². The number of aromatic amines is 2. The lowest BCUT2D eigenvalue weighted by molar-refractivity contribution is -0.138. The van der Waals surface area contributed by atoms with Crippen molar-refractivity contribution in [2.45, 2.75) is 128 Å². The van der Waals surface area contributed by atoms with E-state index in [1.807, 2.05) is 29.8 Å². The summed E-state index contributed by atoms with van der Waals surface area (Å²) >= 11 is 0. The van der Waals surface area contributed by atoms with E-state index in [0.29, 0.717) is 25.6 Å². The van der Waals surface area contributed by atoms with Crippen LogP contribution in [0.3, 0.4) is 0 Å². The van der Waals surface area contributed by atoms with E-state index < -0.39 is 18.2 Å². The van der Waals surface area contributed by atoms with Crippen molar-refractivity contribution in [3.05, 3.63) is 100 Å². The number of likely N-dealkylation sites (tertiary alicyclic amines) is 2. The summed E-state index contributed by atoms with van der Waals surface area (Å²) in [5.41, 5.74) is 11.5. The average molecular weight is 905 g/mol. The zero-order valence-electron chi connectivity index (χ0n) is 38.7. The summed E-state index contributed by atoms with van der Waals surface area (Å²) < 4.78 is 11.3.